The van der Waals surface area contributed by atoms with Crippen molar-refractivity contribution in [2.75, 3.05) is 7.05 Å². The third-order valence-corrected chi connectivity index (χ3v) is 7.45. The maximum Gasteiger partial charge on any atom is 0.268 e. The Morgan fingerprint density at radius 1 is 1.03 bits per heavy atom. The molecule has 29 heavy (non-hydrogen) atoms. The lowest BCUT2D eigenvalue weighted by molar-refractivity contribution is 0.579. The summed E-state index contributed by atoms with van der Waals surface area (Å²) in [7, 11) is -2.16. The van der Waals surface area contributed by atoms with E-state index < -0.39 is 21.7 Å². The molecule has 1 heterocycles. The number of nitrogens with one attached hydrogen (secondary N) is 1. The van der Waals surface area contributed by atoms with Gasteiger partial charge in [0.2, 0.25) is 0 Å². The van der Waals surface area contributed by atoms with Crippen LogP contribution in [0.1, 0.15) is 34.8 Å². The molecule has 3 aromatic rings. The topological polar surface area (TPSA) is 51.1 Å². The van der Waals surface area contributed by atoms with Gasteiger partial charge in [0, 0.05) is 23.4 Å². The van der Waals surface area contributed by atoms with Gasteiger partial charge in [0.25, 0.3) is 10.0 Å². The van der Waals surface area contributed by atoms with Crippen molar-refractivity contribution in [3.63, 3.8) is 0 Å². The third kappa shape index (κ3) is 3.18. The minimum absolute atomic E-state index is 0.0107. The first-order chi connectivity index (χ1) is 13.7. The summed E-state index contributed by atoms with van der Waals surface area (Å²) in [4.78, 5) is 0.149. The Morgan fingerprint density at radius 3 is 2.45 bits per heavy atom. The number of nitrogens with zero attached hydrogens (tertiary/aromatic N) is 1. The van der Waals surface area contributed by atoms with Crippen molar-refractivity contribution in [1.82, 2.24) is 9.29 Å². The van der Waals surface area contributed by atoms with Crippen LogP contribution in [0.15, 0.2) is 47.4 Å². The second-order valence-corrected chi connectivity index (χ2v) is 9.24. The van der Waals surface area contributed by atoms with Crippen molar-refractivity contribution in [3.05, 3.63) is 76.5 Å². The van der Waals surface area contributed by atoms with Crippen LogP contribution >= 0.6 is 0 Å². The van der Waals surface area contributed by atoms with Crippen molar-refractivity contribution >= 4 is 10.0 Å². The molecule has 0 aliphatic heterocycles. The van der Waals surface area contributed by atoms with E-state index in [0.717, 1.165) is 35.2 Å². The van der Waals surface area contributed by atoms with Gasteiger partial charge in [-0.15, -0.1) is 0 Å². The van der Waals surface area contributed by atoms with Crippen LogP contribution in [0.25, 0.3) is 11.3 Å². The Kier molecular flexibility index (Phi) is 4.83. The first-order valence-electron chi connectivity index (χ1n) is 9.44. The van der Waals surface area contributed by atoms with Gasteiger partial charge in [-0.3, -0.25) is 0 Å². The van der Waals surface area contributed by atoms with Crippen LogP contribution in [0.3, 0.4) is 0 Å². The molecule has 1 aromatic heterocycles. The summed E-state index contributed by atoms with van der Waals surface area (Å²) in [5.74, 6) is -1.50. The van der Waals surface area contributed by atoms with E-state index in [1.54, 1.807) is 24.3 Å². The summed E-state index contributed by atoms with van der Waals surface area (Å²) in [6.07, 6.45) is 1.31. The molecule has 2 aromatic carbocycles. The van der Waals surface area contributed by atoms with Gasteiger partial charge >= 0.3 is 0 Å². The van der Waals surface area contributed by atoms with E-state index in [1.807, 2.05) is 20.9 Å². The van der Waals surface area contributed by atoms with Crippen LogP contribution in [0, 0.1) is 25.5 Å². The fourth-order valence-corrected chi connectivity index (χ4v) is 5.65. The van der Waals surface area contributed by atoms with Crippen LogP contribution in [-0.4, -0.2) is 19.4 Å². The largest absolute Gasteiger partial charge is 0.313 e. The van der Waals surface area contributed by atoms with Gasteiger partial charge in [-0.25, -0.2) is 21.2 Å². The quantitative estimate of drug-likeness (QED) is 0.682. The SMILES string of the molecule is CNC1CCc2c1cc(-c1ccc(F)cc1F)n2S(=O)(=O)c1ccc(C)c(C)c1. The van der Waals surface area contributed by atoms with Crippen LogP contribution < -0.4 is 5.32 Å². The molecule has 1 N–H and O–H groups in total. The minimum Gasteiger partial charge on any atom is -0.313 e. The van der Waals surface area contributed by atoms with Gasteiger partial charge in [-0.05, 0) is 80.8 Å². The van der Waals surface area contributed by atoms with Crippen LogP contribution in [0.2, 0.25) is 0 Å². The Balaban J connectivity index is 2.00. The average molecular weight is 416 g/mol. The molecule has 0 saturated heterocycles. The highest BCUT2D eigenvalue weighted by Crippen LogP contribution is 2.40. The summed E-state index contributed by atoms with van der Waals surface area (Å²) in [6.45, 7) is 3.77. The number of halogens is 2. The molecule has 4 nitrogen and oxygen atoms in total. The lowest BCUT2D eigenvalue weighted by Gasteiger charge is -2.15. The molecule has 0 amide bonds. The van der Waals surface area contributed by atoms with Gasteiger partial charge in [0.05, 0.1) is 10.6 Å². The number of hydrogen-bond acceptors (Lipinski definition) is 3. The monoisotopic (exact) mass is 416 g/mol. The van der Waals surface area contributed by atoms with E-state index in [9.17, 15) is 17.2 Å². The van der Waals surface area contributed by atoms with Gasteiger partial charge in [0.15, 0.2) is 0 Å². The molecule has 1 aliphatic rings. The fraction of sp³-hybridized carbons (Fsp3) is 0.273. The predicted octanol–water partition coefficient (Wildman–Crippen LogP) is 4.49. The zero-order valence-corrected chi connectivity index (χ0v) is 17.3. The summed E-state index contributed by atoms with van der Waals surface area (Å²) >= 11 is 0. The van der Waals surface area contributed by atoms with E-state index in [0.29, 0.717) is 12.1 Å². The van der Waals surface area contributed by atoms with Crippen molar-refractivity contribution < 1.29 is 17.2 Å². The van der Waals surface area contributed by atoms with Crippen molar-refractivity contribution in [2.24, 2.45) is 0 Å². The Hall–Kier alpha value is -2.51. The zero-order valence-electron chi connectivity index (χ0n) is 16.5. The number of rotatable bonds is 4. The predicted molar refractivity (Wildman–Crippen MR) is 108 cm³/mol. The smallest absolute Gasteiger partial charge is 0.268 e. The second-order valence-electron chi connectivity index (χ2n) is 7.45. The van der Waals surface area contributed by atoms with E-state index in [-0.39, 0.29) is 22.2 Å². The highest BCUT2D eigenvalue weighted by Gasteiger charge is 2.33. The highest BCUT2D eigenvalue weighted by atomic mass is 32.2. The van der Waals surface area contributed by atoms with Crippen LogP contribution in [-0.2, 0) is 16.4 Å². The molecule has 0 fully saturated rings. The van der Waals surface area contributed by atoms with Crippen LogP contribution in [0.5, 0.6) is 0 Å². The van der Waals surface area contributed by atoms with E-state index in [1.165, 1.54) is 10.0 Å². The number of benzene rings is 2. The lowest BCUT2D eigenvalue weighted by atomic mass is 10.1. The average Bonchev–Trinajstić information content (AvgIpc) is 3.22. The summed E-state index contributed by atoms with van der Waals surface area (Å²) in [5, 5.41) is 3.18. The molecular weight excluding hydrogens is 394 g/mol. The number of fused-ring (bicyclic) bond motifs is 1. The Labute approximate surface area is 169 Å². The molecule has 4 rings (SSSR count). The van der Waals surface area contributed by atoms with Crippen molar-refractivity contribution in [1.29, 1.82) is 0 Å². The molecule has 0 saturated carbocycles. The van der Waals surface area contributed by atoms with E-state index in [2.05, 4.69) is 5.32 Å². The number of aromatic nitrogens is 1. The van der Waals surface area contributed by atoms with Gasteiger partial charge in [-0.2, -0.15) is 0 Å². The molecule has 7 heteroatoms. The fourth-order valence-electron chi connectivity index (χ4n) is 3.97. The zero-order chi connectivity index (χ0) is 20.9. The maximum atomic E-state index is 14.6. The van der Waals surface area contributed by atoms with Crippen molar-refractivity contribution in [2.45, 2.75) is 37.6 Å². The number of hydrogen-bond donors (Lipinski definition) is 1. The summed E-state index contributed by atoms with van der Waals surface area (Å²) < 4.78 is 56.5. The first-order valence-corrected chi connectivity index (χ1v) is 10.9. The van der Waals surface area contributed by atoms with Gasteiger partial charge < -0.3 is 5.32 Å². The molecule has 1 aliphatic carbocycles. The van der Waals surface area contributed by atoms with E-state index >= 15 is 0 Å². The summed E-state index contributed by atoms with van der Waals surface area (Å²) in [5.41, 5.74) is 3.59. The van der Waals surface area contributed by atoms with Gasteiger partial charge in [0.1, 0.15) is 11.6 Å². The number of aryl methyl sites for hydroxylation is 2. The van der Waals surface area contributed by atoms with Gasteiger partial charge in [-0.1, -0.05) is 6.07 Å². The molecule has 0 spiro atoms. The second kappa shape index (κ2) is 7.07. The normalized spacial score (nSPS) is 16.2. The highest BCUT2D eigenvalue weighted by molar-refractivity contribution is 7.90. The molecule has 1 atom stereocenters. The standard InChI is InChI=1S/C22H22F2N2O2S/c1-13-4-6-16(10-14(13)2)29(27,28)26-21-9-8-20(25-3)18(21)12-22(26)17-7-5-15(23)11-19(17)24/h4-7,10-12,20,25H,8-9H2,1-3H3. The minimum atomic E-state index is -3.97. The van der Waals surface area contributed by atoms with Crippen LogP contribution in [0.4, 0.5) is 8.78 Å². The van der Waals surface area contributed by atoms with Crippen molar-refractivity contribution in [3.8, 4) is 11.3 Å². The molecule has 0 radical (unpaired) electrons. The molecule has 0 bridgehead atoms. The van der Waals surface area contributed by atoms with E-state index in [4.69, 9.17) is 0 Å². The Bertz CT molecular complexity index is 1220. The third-order valence-electron chi connectivity index (χ3n) is 5.71. The first kappa shape index (κ1) is 19.8. The summed E-state index contributed by atoms with van der Waals surface area (Å²) in [6, 6.07) is 9.86. The molecular formula is C22H22F2N2O2S. The lowest BCUT2D eigenvalue weighted by Crippen LogP contribution is -2.17. The molecule has 1 unspecified atom stereocenters. The molecule has 152 valence electrons. The Morgan fingerprint density at radius 2 is 1.79 bits per heavy atom. The maximum absolute atomic E-state index is 14.6.